The Bertz CT molecular complexity index is 828. The molecule has 5 nitrogen and oxygen atoms in total. The maximum Gasteiger partial charge on any atom is 0.416 e. The number of alkyl halides is 3. The van der Waals surface area contributed by atoms with Gasteiger partial charge >= 0.3 is 6.18 Å². The summed E-state index contributed by atoms with van der Waals surface area (Å²) in [6.07, 6.45) is -2.59. The van der Waals surface area contributed by atoms with Crippen LogP contribution in [0.15, 0.2) is 18.2 Å². The summed E-state index contributed by atoms with van der Waals surface area (Å²) in [5.74, 6) is 0.0200. The number of carbonyl (C=O) groups is 1. The molecule has 0 spiro atoms. The molecule has 1 amide bonds. The number of thiazole rings is 1. The minimum absolute atomic E-state index is 0.0200. The zero-order valence-electron chi connectivity index (χ0n) is 16.2. The van der Waals surface area contributed by atoms with E-state index in [0.717, 1.165) is 47.9 Å². The summed E-state index contributed by atoms with van der Waals surface area (Å²) in [4.78, 5) is 20.6. The lowest BCUT2D eigenvalue weighted by molar-refractivity contribution is -0.137. The lowest BCUT2D eigenvalue weighted by Crippen LogP contribution is -2.47. The second-order valence-electron chi connectivity index (χ2n) is 7.53. The summed E-state index contributed by atoms with van der Waals surface area (Å²) < 4.78 is 39.4. The average Bonchev–Trinajstić information content (AvgIpc) is 3.03. The van der Waals surface area contributed by atoms with Crippen LogP contribution < -0.4 is 10.2 Å². The number of aromatic nitrogens is 1. The molecular formula is C19H25F3N4OS. The predicted molar refractivity (Wildman–Crippen MR) is 106 cm³/mol. The molecule has 1 fully saturated rings. The number of benzene rings is 1. The van der Waals surface area contributed by atoms with Gasteiger partial charge in [-0.25, -0.2) is 4.98 Å². The Morgan fingerprint density at radius 2 is 2.04 bits per heavy atom. The van der Waals surface area contributed by atoms with Gasteiger partial charge in [-0.2, -0.15) is 13.2 Å². The summed E-state index contributed by atoms with van der Waals surface area (Å²) in [5.41, 5.74) is -0.281. The first-order valence-electron chi connectivity index (χ1n) is 9.36. The zero-order chi connectivity index (χ0) is 20.5. The van der Waals surface area contributed by atoms with Gasteiger partial charge in [-0.1, -0.05) is 11.3 Å². The van der Waals surface area contributed by atoms with Crippen LogP contribution >= 0.6 is 11.3 Å². The van der Waals surface area contributed by atoms with Crippen molar-refractivity contribution < 1.29 is 18.0 Å². The van der Waals surface area contributed by atoms with E-state index in [4.69, 9.17) is 0 Å². The first-order chi connectivity index (χ1) is 13.1. The number of carbonyl (C=O) groups excluding carboxylic acids is 1. The van der Waals surface area contributed by atoms with E-state index < -0.39 is 11.7 Å². The van der Waals surface area contributed by atoms with Crippen molar-refractivity contribution in [3.63, 3.8) is 0 Å². The summed E-state index contributed by atoms with van der Waals surface area (Å²) >= 11 is 1.42. The number of piperidine rings is 1. The summed E-state index contributed by atoms with van der Waals surface area (Å²) in [6.45, 7) is 5.78. The largest absolute Gasteiger partial charge is 0.416 e. The summed E-state index contributed by atoms with van der Waals surface area (Å²) in [5, 5.41) is 3.66. The van der Waals surface area contributed by atoms with E-state index in [-0.39, 0.29) is 11.9 Å². The Hall–Kier alpha value is -1.87. The van der Waals surface area contributed by atoms with Gasteiger partial charge in [0.2, 0.25) is 5.91 Å². The number of anilines is 1. The number of rotatable bonds is 5. The molecule has 9 heteroatoms. The van der Waals surface area contributed by atoms with Crippen LogP contribution in [0.3, 0.4) is 0 Å². The highest BCUT2D eigenvalue weighted by Gasteiger charge is 2.31. The monoisotopic (exact) mass is 414 g/mol. The molecule has 1 aliphatic rings. The molecule has 0 saturated carbocycles. The van der Waals surface area contributed by atoms with Gasteiger partial charge in [0.05, 0.1) is 22.3 Å². The molecule has 0 unspecified atom stereocenters. The van der Waals surface area contributed by atoms with E-state index in [0.29, 0.717) is 18.1 Å². The lowest BCUT2D eigenvalue weighted by atomic mass is 10.0. The zero-order valence-corrected chi connectivity index (χ0v) is 17.0. The Kier molecular flexibility index (Phi) is 6.14. The molecule has 1 aromatic heterocycles. The number of hydrogen-bond donors (Lipinski definition) is 1. The molecule has 2 aromatic rings. The molecule has 154 valence electrons. The molecule has 3 rings (SSSR count). The van der Waals surface area contributed by atoms with E-state index >= 15 is 0 Å². The van der Waals surface area contributed by atoms with Gasteiger partial charge in [-0.3, -0.25) is 9.69 Å². The van der Waals surface area contributed by atoms with Crippen molar-refractivity contribution >= 4 is 32.6 Å². The van der Waals surface area contributed by atoms with Crippen molar-refractivity contribution in [2.75, 3.05) is 31.6 Å². The van der Waals surface area contributed by atoms with Crippen molar-refractivity contribution in [3.8, 4) is 0 Å². The van der Waals surface area contributed by atoms with E-state index in [9.17, 15) is 18.0 Å². The molecule has 1 aromatic carbocycles. The van der Waals surface area contributed by atoms with Crippen molar-refractivity contribution in [3.05, 3.63) is 23.8 Å². The standard InChI is InChI=1S/C19H25F3N4OS/c1-12(2)23-17(27)11-25(3)14-6-8-26(9-7-14)18-24-15-10-13(19(20,21)22)4-5-16(15)28-18/h4-5,10,12,14H,6-9,11H2,1-3H3,(H,23,27). The molecule has 2 heterocycles. The van der Waals surface area contributed by atoms with E-state index in [1.807, 2.05) is 20.9 Å². The molecule has 0 aliphatic carbocycles. The van der Waals surface area contributed by atoms with Gasteiger partial charge in [0.1, 0.15) is 0 Å². The van der Waals surface area contributed by atoms with E-state index in [1.165, 1.54) is 17.4 Å². The molecule has 0 atom stereocenters. The Balaban J connectivity index is 1.61. The van der Waals surface area contributed by atoms with Crippen LogP contribution in [-0.4, -0.2) is 54.6 Å². The molecule has 0 radical (unpaired) electrons. The van der Waals surface area contributed by atoms with E-state index in [2.05, 4.69) is 20.1 Å². The first kappa shape index (κ1) is 20.9. The fraction of sp³-hybridized carbons (Fsp3) is 0.579. The number of likely N-dealkylation sites (N-methyl/N-ethyl adjacent to an activating group) is 1. The molecule has 0 bridgehead atoms. The van der Waals surface area contributed by atoms with Crippen LogP contribution in [-0.2, 0) is 11.0 Å². The first-order valence-corrected chi connectivity index (χ1v) is 10.2. The van der Waals surface area contributed by atoms with Gasteiger partial charge in [0, 0.05) is 25.2 Å². The second-order valence-corrected chi connectivity index (χ2v) is 8.54. The molecule has 1 N–H and O–H groups in total. The number of fused-ring (bicyclic) bond motifs is 1. The number of nitrogens with one attached hydrogen (secondary N) is 1. The van der Waals surface area contributed by atoms with Crippen LogP contribution in [0, 0.1) is 0 Å². The molecule has 1 saturated heterocycles. The topological polar surface area (TPSA) is 48.5 Å². The number of hydrogen-bond acceptors (Lipinski definition) is 5. The van der Waals surface area contributed by atoms with Gasteiger partial charge in [0.15, 0.2) is 5.13 Å². The molecule has 1 aliphatic heterocycles. The Morgan fingerprint density at radius 1 is 1.36 bits per heavy atom. The third-order valence-electron chi connectivity index (χ3n) is 4.90. The van der Waals surface area contributed by atoms with Crippen molar-refractivity contribution in [1.29, 1.82) is 0 Å². The highest BCUT2D eigenvalue weighted by atomic mass is 32.1. The van der Waals surface area contributed by atoms with Gasteiger partial charge < -0.3 is 10.2 Å². The normalized spacial score (nSPS) is 16.4. The summed E-state index contributed by atoms with van der Waals surface area (Å²) in [7, 11) is 1.95. The van der Waals surface area contributed by atoms with Crippen molar-refractivity contribution in [2.24, 2.45) is 0 Å². The second kappa shape index (κ2) is 8.24. The van der Waals surface area contributed by atoms with Crippen LogP contribution in [0.5, 0.6) is 0 Å². The Morgan fingerprint density at radius 3 is 2.64 bits per heavy atom. The van der Waals surface area contributed by atoms with Gasteiger partial charge in [-0.15, -0.1) is 0 Å². The minimum Gasteiger partial charge on any atom is -0.353 e. The fourth-order valence-electron chi connectivity index (χ4n) is 3.45. The lowest BCUT2D eigenvalue weighted by Gasteiger charge is -2.36. The number of amides is 1. The Labute approximate surface area is 166 Å². The third kappa shape index (κ3) is 4.94. The molecule has 28 heavy (non-hydrogen) atoms. The maximum absolute atomic E-state index is 12.9. The highest BCUT2D eigenvalue weighted by molar-refractivity contribution is 7.22. The predicted octanol–water partition coefficient (Wildman–Crippen LogP) is 3.74. The van der Waals surface area contributed by atoms with Gasteiger partial charge in [0.25, 0.3) is 0 Å². The summed E-state index contributed by atoms with van der Waals surface area (Å²) in [6, 6.07) is 4.14. The number of nitrogens with zero attached hydrogens (tertiary/aromatic N) is 3. The average molecular weight is 414 g/mol. The van der Waals surface area contributed by atoms with Crippen LogP contribution in [0.25, 0.3) is 10.2 Å². The SMILES string of the molecule is CC(C)NC(=O)CN(C)C1CCN(c2nc3cc(C(F)(F)F)ccc3s2)CC1. The minimum atomic E-state index is -4.36. The quantitative estimate of drug-likeness (QED) is 0.810. The van der Waals surface area contributed by atoms with Crippen LogP contribution in [0.2, 0.25) is 0 Å². The highest BCUT2D eigenvalue weighted by Crippen LogP contribution is 2.35. The van der Waals surface area contributed by atoms with Crippen molar-refractivity contribution in [2.45, 2.75) is 44.9 Å². The number of halogens is 3. The third-order valence-corrected chi connectivity index (χ3v) is 6.00. The van der Waals surface area contributed by atoms with Crippen LogP contribution in [0.1, 0.15) is 32.3 Å². The van der Waals surface area contributed by atoms with Crippen molar-refractivity contribution in [1.82, 2.24) is 15.2 Å². The van der Waals surface area contributed by atoms with Gasteiger partial charge in [-0.05, 0) is 51.9 Å². The van der Waals surface area contributed by atoms with Crippen LogP contribution in [0.4, 0.5) is 18.3 Å². The van der Waals surface area contributed by atoms with E-state index in [1.54, 1.807) is 0 Å². The maximum atomic E-state index is 12.9. The smallest absolute Gasteiger partial charge is 0.353 e. The fourth-order valence-corrected chi connectivity index (χ4v) is 4.45. The molecular weight excluding hydrogens is 389 g/mol.